The molecule has 0 aliphatic carbocycles. The van der Waals surface area contributed by atoms with Crippen molar-refractivity contribution in [3.63, 3.8) is 0 Å². The van der Waals surface area contributed by atoms with Crippen LogP contribution in [-0.4, -0.2) is 58.5 Å². The molecule has 1 aliphatic rings. The maximum atomic E-state index is 11.9. The first-order chi connectivity index (χ1) is 9.79. The zero-order valence-electron chi connectivity index (χ0n) is 11.9. The molecule has 0 atom stereocenters. The molecule has 3 N–H and O–H groups in total. The summed E-state index contributed by atoms with van der Waals surface area (Å²) in [5, 5.41) is 10.6. The van der Waals surface area contributed by atoms with Crippen LogP contribution in [0, 0.1) is 0 Å². The average Bonchev–Trinajstić information content (AvgIpc) is 2.75. The van der Waals surface area contributed by atoms with E-state index < -0.39 is 0 Å². The van der Waals surface area contributed by atoms with Crippen LogP contribution < -0.4 is 11.1 Å². The highest BCUT2D eigenvalue weighted by molar-refractivity contribution is 5.91. The number of hydrogen-bond donors (Lipinski definition) is 2. The molecule has 1 aliphatic heterocycles. The van der Waals surface area contributed by atoms with Crippen molar-refractivity contribution < 1.29 is 4.79 Å². The quantitative estimate of drug-likeness (QED) is 0.756. The van der Waals surface area contributed by atoms with Gasteiger partial charge in [0.25, 0.3) is 5.91 Å². The molecule has 0 spiro atoms. The van der Waals surface area contributed by atoms with E-state index in [4.69, 9.17) is 5.73 Å². The number of nitrogens with two attached hydrogens (primary N) is 1. The monoisotopic (exact) mass is 280 g/mol. The van der Waals surface area contributed by atoms with E-state index in [-0.39, 0.29) is 5.91 Å². The molecule has 1 saturated heterocycles. The van der Waals surface area contributed by atoms with Crippen molar-refractivity contribution in [3.05, 3.63) is 11.9 Å². The molecule has 112 valence electrons. The topological polar surface area (TPSA) is 89.1 Å². The summed E-state index contributed by atoms with van der Waals surface area (Å²) in [6.07, 6.45) is 6.82. The largest absolute Gasteiger partial charge is 0.349 e. The highest BCUT2D eigenvalue weighted by Crippen LogP contribution is 2.08. The summed E-state index contributed by atoms with van der Waals surface area (Å²) in [5.74, 6) is -0.164. The standard InChI is InChI=1S/C13H24N6O/c14-5-9-19-11-12(16-17-19)13(20)15-6-10-18-7-3-1-2-4-8-18/h11H,1-10,14H2,(H,15,20). The summed E-state index contributed by atoms with van der Waals surface area (Å²) in [6, 6.07) is 0. The van der Waals surface area contributed by atoms with Crippen LogP contribution in [0.15, 0.2) is 6.20 Å². The molecule has 7 nitrogen and oxygen atoms in total. The third-order valence-corrected chi connectivity index (χ3v) is 3.54. The molecule has 2 heterocycles. The van der Waals surface area contributed by atoms with Crippen molar-refractivity contribution >= 4 is 5.91 Å². The van der Waals surface area contributed by atoms with Gasteiger partial charge in [-0.2, -0.15) is 0 Å². The number of likely N-dealkylation sites (tertiary alicyclic amines) is 1. The molecule has 0 bridgehead atoms. The Morgan fingerprint density at radius 2 is 2.00 bits per heavy atom. The minimum absolute atomic E-state index is 0.164. The van der Waals surface area contributed by atoms with Crippen molar-refractivity contribution in [3.8, 4) is 0 Å². The maximum Gasteiger partial charge on any atom is 0.273 e. The smallest absolute Gasteiger partial charge is 0.273 e. The fourth-order valence-corrected chi connectivity index (χ4v) is 2.42. The second kappa shape index (κ2) is 7.96. The van der Waals surface area contributed by atoms with Crippen LogP contribution in [-0.2, 0) is 6.54 Å². The van der Waals surface area contributed by atoms with Crippen LogP contribution in [0.1, 0.15) is 36.2 Å². The van der Waals surface area contributed by atoms with E-state index in [9.17, 15) is 4.79 Å². The molecule has 0 aromatic carbocycles. The van der Waals surface area contributed by atoms with Gasteiger partial charge in [0.2, 0.25) is 0 Å². The first-order valence-corrected chi connectivity index (χ1v) is 7.40. The first kappa shape index (κ1) is 14.9. The summed E-state index contributed by atoms with van der Waals surface area (Å²) < 4.78 is 1.59. The summed E-state index contributed by atoms with van der Waals surface area (Å²) in [6.45, 7) is 4.91. The Balaban J connectivity index is 1.71. The van der Waals surface area contributed by atoms with Crippen molar-refractivity contribution in [2.75, 3.05) is 32.7 Å². The molecule has 1 amide bonds. The maximum absolute atomic E-state index is 11.9. The molecule has 1 fully saturated rings. The van der Waals surface area contributed by atoms with Crippen molar-refractivity contribution in [1.82, 2.24) is 25.2 Å². The molecular weight excluding hydrogens is 256 g/mol. The molecule has 20 heavy (non-hydrogen) atoms. The number of carbonyl (C=O) groups is 1. The Hall–Kier alpha value is -1.47. The number of rotatable bonds is 6. The number of aromatic nitrogens is 3. The number of nitrogens with zero attached hydrogens (tertiary/aromatic N) is 4. The molecule has 7 heteroatoms. The van der Waals surface area contributed by atoms with Crippen molar-refractivity contribution in [1.29, 1.82) is 0 Å². The predicted octanol–water partition coefficient (Wildman–Crippen LogP) is -0.157. The van der Waals surface area contributed by atoms with Gasteiger partial charge in [-0.1, -0.05) is 18.1 Å². The number of hydrogen-bond acceptors (Lipinski definition) is 5. The SMILES string of the molecule is NCCn1cc(C(=O)NCCN2CCCCCC2)nn1. The number of nitrogens with one attached hydrogen (secondary N) is 1. The Kier molecular flexibility index (Phi) is 5.94. The lowest BCUT2D eigenvalue weighted by Gasteiger charge is -2.19. The van der Waals surface area contributed by atoms with Crippen LogP contribution >= 0.6 is 0 Å². The fraction of sp³-hybridized carbons (Fsp3) is 0.769. The van der Waals surface area contributed by atoms with Gasteiger partial charge in [0, 0.05) is 19.6 Å². The third-order valence-electron chi connectivity index (χ3n) is 3.54. The molecule has 1 aromatic heterocycles. The van der Waals surface area contributed by atoms with E-state index in [1.807, 2.05) is 0 Å². The molecular formula is C13H24N6O. The van der Waals surface area contributed by atoms with Gasteiger partial charge in [0.05, 0.1) is 12.7 Å². The number of amides is 1. The predicted molar refractivity (Wildman–Crippen MR) is 76.3 cm³/mol. The zero-order chi connectivity index (χ0) is 14.2. The summed E-state index contributed by atoms with van der Waals surface area (Å²) in [4.78, 5) is 14.3. The summed E-state index contributed by atoms with van der Waals surface area (Å²) in [7, 11) is 0. The fourth-order valence-electron chi connectivity index (χ4n) is 2.42. The van der Waals surface area contributed by atoms with Crippen molar-refractivity contribution in [2.45, 2.75) is 32.2 Å². The molecule has 2 rings (SSSR count). The van der Waals surface area contributed by atoms with Gasteiger partial charge in [-0.15, -0.1) is 5.10 Å². The van der Waals surface area contributed by atoms with Gasteiger partial charge in [-0.3, -0.25) is 9.48 Å². The summed E-state index contributed by atoms with van der Waals surface area (Å²) >= 11 is 0. The average molecular weight is 280 g/mol. The minimum Gasteiger partial charge on any atom is -0.349 e. The van der Waals surface area contributed by atoms with E-state index in [1.165, 1.54) is 25.7 Å². The Morgan fingerprint density at radius 3 is 2.70 bits per heavy atom. The Labute approximate surface area is 119 Å². The van der Waals surface area contributed by atoms with E-state index >= 15 is 0 Å². The van der Waals surface area contributed by atoms with E-state index in [1.54, 1.807) is 10.9 Å². The second-order valence-corrected chi connectivity index (χ2v) is 5.17. The Morgan fingerprint density at radius 1 is 1.25 bits per heavy atom. The van der Waals surface area contributed by atoms with Crippen molar-refractivity contribution in [2.24, 2.45) is 5.73 Å². The minimum atomic E-state index is -0.164. The third kappa shape index (κ3) is 4.57. The van der Waals surface area contributed by atoms with E-state index in [0.717, 1.165) is 19.6 Å². The highest BCUT2D eigenvalue weighted by Gasteiger charge is 2.12. The lowest BCUT2D eigenvalue weighted by atomic mass is 10.2. The normalized spacial score (nSPS) is 16.9. The van der Waals surface area contributed by atoms with Gasteiger partial charge in [-0.25, -0.2) is 0 Å². The van der Waals surface area contributed by atoms with Crippen LogP contribution in [0.4, 0.5) is 0 Å². The zero-order valence-corrected chi connectivity index (χ0v) is 11.9. The first-order valence-electron chi connectivity index (χ1n) is 7.40. The van der Waals surface area contributed by atoms with Crippen LogP contribution in [0.2, 0.25) is 0 Å². The molecule has 1 aromatic rings. The van der Waals surface area contributed by atoms with Crippen LogP contribution in [0.25, 0.3) is 0 Å². The van der Waals surface area contributed by atoms with Gasteiger partial charge < -0.3 is 16.0 Å². The lowest BCUT2D eigenvalue weighted by molar-refractivity contribution is 0.0943. The molecule has 0 radical (unpaired) electrons. The van der Waals surface area contributed by atoms with Gasteiger partial charge in [0.15, 0.2) is 5.69 Å². The van der Waals surface area contributed by atoms with Gasteiger partial charge >= 0.3 is 0 Å². The van der Waals surface area contributed by atoms with Gasteiger partial charge in [-0.05, 0) is 25.9 Å². The highest BCUT2D eigenvalue weighted by atomic mass is 16.2. The summed E-state index contributed by atoms with van der Waals surface area (Å²) in [5.41, 5.74) is 5.78. The molecule has 0 saturated carbocycles. The van der Waals surface area contributed by atoms with Crippen LogP contribution in [0.3, 0.4) is 0 Å². The number of carbonyl (C=O) groups excluding carboxylic acids is 1. The molecule has 0 unspecified atom stereocenters. The van der Waals surface area contributed by atoms with Crippen LogP contribution in [0.5, 0.6) is 0 Å². The van der Waals surface area contributed by atoms with E-state index in [2.05, 4.69) is 20.5 Å². The second-order valence-electron chi connectivity index (χ2n) is 5.17. The van der Waals surface area contributed by atoms with E-state index in [0.29, 0.717) is 25.3 Å². The van der Waals surface area contributed by atoms with Gasteiger partial charge in [0.1, 0.15) is 0 Å². The lowest BCUT2D eigenvalue weighted by Crippen LogP contribution is -2.35. The Bertz CT molecular complexity index is 411.